The molecule has 3 aromatic carbocycles. The molecule has 6 rings (SSSR count). The molecule has 2 aliphatic heterocycles. The summed E-state index contributed by atoms with van der Waals surface area (Å²) in [7, 11) is 0. The molecule has 0 bridgehead atoms. The van der Waals surface area contributed by atoms with Gasteiger partial charge < -0.3 is 4.74 Å². The number of benzene rings is 3. The van der Waals surface area contributed by atoms with Crippen LogP contribution in [0.4, 0.5) is 5.69 Å². The summed E-state index contributed by atoms with van der Waals surface area (Å²) in [5, 5.41) is 0.358. The number of imide groups is 1. The molecule has 3 aromatic rings. The van der Waals surface area contributed by atoms with Crippen molar-refractivity contribution in [2.24, 2.45) is 11.8 Å². The van der Waals surface area contributed by atoms with Crippen molar-refractivity contribution < 1.29 is 23.9 Å². The average molecular weight is 458 g/mol. The van der Waals surface area contributed by atoms with Gasteiger partial charge in [-0.3, -0.25) is 19.2 Å². The molecule has 0 N–H and O–H groups in total. The van der Waals surface area contributed by atoms with Crippen molar-refractivity contribution in [3.8, 4) is 0 Å². The molecule has 7 heteroatoms. The van der Waals surface area contributed by atoms with Crippen molar-refractivity contribution in [3.05, 3.63) is 101 Å². The summed E-state index contributed by atoms with van der Waals surface area (Å²) in [4.78, 5) is 55.8. The Morgan fingerprint density at radius 1 is 0.758 bits per heavy atom. The standard InChI is InChI=1S/C26H16ClNO5/c27-15-9-6-10-16(13-15)28-24(31)19-20(25(28)32)26(33-21(19)14-7-2-1-3-8-14)22(29)17-11-4-5-12-18(17)23(26)30/h1-13,19-21H/t19-,20-,21+/m0/s1. The first kappa shape index (κ1) is 20.0. The molecule has 0 radical (unpaired) electrons. The monoisotopic (exact) mass is 457 g/mol. The van der Waals surface area contributed by atoms with E-state index in [1.807, 2.05) is 6.07 Å². The molecule has 162 valence electrons. The Balaban J connectivity index is 1.56. The highest BCUT2D eigenvalue weighted by molar-refractivity contribution is 6.37. The van der Waals surface area contributed by atoms with Crippen molar-refractivity contribution in [2.45, 2.75) is 11.7 Å². The molecule has 6 nitrogen and oxygen atoms in total. The van der Waals surface area contributed by atoms with Gasteiger partial charge in [0.1, 0.15) is 0 Å². The van der Waals surface area contributed by atoms with Crippen LogP contribution in [0.5, 0.6) is 0 Å². The van der Waals surface area contributed by atoms with Crippen molar-refractivity contribution in [1.82, 2.24) is 0 Å². The van der Waals surface area contributed by atoms with Crippen molar-refractivity contribution in [1.29, 1.82) is 0 Å². The molecule has 0 aromatic heterocycles. The Labute approximate surface area is 193 Å². The van der Waals surface area contributed by atoms with Gasteiger partial charge in [0.2, 0.25) is 29.0 Å². The topological polar surface area (TPSA) is 80.8 Å². The van der Waals surface area contributed by atoms with Crippen LogP contribution < -0.4 is 4.90 Å². The normalized spacial score (nSPS) is 25.1. The molecule has 1 spiro atoms. The van der Waals surface area contributed by atoms with E-state index in [9.17, 15) is 19.2 Å². The molecule has 33 heavy (non-hydrogen) atoms. The molecule has 2 heterocycles. The molecule has 2 amide bonds. The smallest absolute Gasteiger partial charge is 0.241 e. The fourth-order valence-electron chi connectivity index (χ4n) is 5.33. The van der Waals surface area contributed by atoms with Gasteiger partial charge in [-0.05, 0) is 23.8 Å². The number of halogens is 1. The number of hydrogen-bond donors (Lipinski definition) is 0. The first-order valence-corrected chi connectivity index (χ1v) is 10.9. The Bertz CT molecular complexity index is 1330. The van der Waals surface area contributed by atoms with Crippen LogP contribution in [0.25, 0.3) is 0 Å². The van der Waals surface area contributed by atoms with Crippen LogP contribution in [-0.4, -0.2) is 29.0 Å². The Kier molecular flexibility index (Phi) is 4.21. The van der Waals surface area contributed by atoms with Gasteiger partial charge >= 0.3 is 0 Å². The highest BCUT2D eigenvalue weighted by Crippen LogP contribution is 2.57. The lowest BCUT2D eigenvalue weighted by Crippen LogP contribution is -2.51. The fraction of sp³-hybridized carbons (Fsp3) is 0.154. The summed E-state index contributed by atoms with van der Waals surface area (Å²) < 4.78 is 6.23. The van der Waals surface area contributed by atoms with Gasteiger partial charge in [0, 0.05) is 16.1 Å². The molecular weight excluding hydrogens is 442 g/mol. The molecule has 3 aliphatic rings. The zero-order valence-electron chi connectivity index (χ0n) is 17.1. The van der Waals surface area contributed by atoms with Gasteiger partial charge in [0.25, 0.3) is 0 Å². The summed E-state index contributed by atoms with van der Waals surface area (Å²) >= 11 is 6.11. The second-order valence-electron chi connectivity index (χ2n) is 8.38. The summed E-state index contributed by atoms with van der Waals surface area (Å²) in [6.07, 6.45) is -0.931. The summed E-state index contributed by atoms with van der Waals surface area (Å²) in [5.74, 6) is -4.62. The highest BCUT2D eigenvalue weighted by Gasteiger charge is 2.74. The zero-order valence-corrected chi connectivity index (χ0v) is 17.9. The summed E-state index contributed by atoms with van der Waals surface area (Å²) in [5.41, 5.74) is -0.748. The van der Waals surface area contributed by atoms with E-state index in [1.165, 1.54) is 6.07 Å². The van der Waals surface area contributed by atoms with Gasteiger partial charge in [-0.25, -0.2) is 4.90 Å². The van der Waals surface area contributed by atoms with E-state index < -0.39 is 46.9 Å². The number of hydrogen-bond acceptors (Lipinski definition) is 5. The van der Waals surface area contributed by atoms with E-state index >= 15 is 0 Å². The van der Waals surface area contributed by atoms with E-state index in [-0.39, 0.29) is 11.1 Å². The van der Waals surface area contributed by atoms with E-state index in [2.05, 4.69) is 0 Å². The summed E-state index contributed by atoms with van der Waals surface area (Å²) in [6, 6.07) is 21.7. The first-order chi connectivity index (χ1) is 15.9. The largest absolute Gasteiger partial charge is 0.349 e. The van der Waals surface area contributed by atoms with Gasteiger partial charge in [0.15, 0.2) is 0 Å². The quantitative estimate of drug-likeness (QED) is 0.428. The van der Waals surface area contributed by atoms with Gasteiger partial charge in [-0.1, -0.05) is 72.3 Å². The van der Waals surface area contributed by atoms with Crippen molar-refractivity contribution >= 4 is 40.7 Å². The van der Waals surface area contributed by atoms with Gasteiger partial charge in [-0.15, -0.1) is 0 Å². The second kappa shape index (κ2) is 6.94. The predicted molar refractivity (Wildman–Crippen MR) is 119 cm³/mol. The minimum Gasteiger partial charge on any atom is -0.349 e. The maximum atomic E-state index is 13.8. The Morgan fingerprint density at radius 2 is 1.39 bits per heavy atom. The van der Waals surface area contributed by atoms with Crippen LogP contribution in [0.3, 0.4) is 0 Å². The number of nitrogens with zero attached hydrogens (tertiary/aromatic N) is 1. The minimum absolute atomic E-state index is 0.205. The van der Waals surface area contributed by atoms with Crippen LogP contribution in [0.15, 0.2) is 78.9 Å². The molecule has 2 saturated heterocycles. The van der Waals surface area contributed by atoms with E-state index in [0.29, 0.717) is 16.3 Å². The van der Waals surface area contributed by atoms with Gasteiger partial charge in [-0.2, -0.15) is 0 Å². The number of ether oxygens (including phenoxy) is 1. The second-order valence-corrected chi connectivity index (χ2v) is 8.82. The number of carbonyl (C=O) groups is 4. The van der Waals surface area contributed by atoms with Crippen LogP contribution in [-0.2, 0) is 14.3 Å². The third-order valence-electron chi connectivity index (χ3n) is 6.71. The maximum absolute atomic E-state index is 13.8. The third kappa shape index (κ3) is 2.53. The lowest BCUT2D eigenvalue weighted by atomic mass is 9.77. The number of carbonyl (C=O) groups excluding carboxylic acids is 4. The zero-order chi connectivity index (χ0) is 22.9. The molecule has 3 atom stereocenters. The predicted octanol–water partition coefficient (Wildman–Crippen LogP) is 4.04. The van der Waals surface area contributed by atoms with E-state index in [1.54, 1.807) is 66.7 Å². The number of ketones is 2. The van der Waals surface area contributed by atoms with Crippen LogP contribution in [0.1, 0.15) is 32.4 Å². The van der Waals surface area contributed by atoms with Crippen molar-refractivity contribution in [3.63, 3.8) is 0 Å². The lowest BCUT2D eigenvalue weighted by Gasteiger charge is -2.27. The van der Waals surface area contributed by atoms with E-state index in [4.69, 9.17) is 16.3 Å². The number of fused-ring (bicyclic) bond motifs is 3. The number of amides is 2. The van der Waals surface area contributed by atoms with Crippen LogP contribution in [0.2, 0.25) is 5.02 Å². The fourth-order valence-corrected chi connectivity index (χ4v) is 5.52. The number of Topliss-reactive ketones (excluding diaryl/α,β-unsaturated/α-hetero) is 2. The SMILES string of the molecule is O=C1[C@@H]2[C@@H](c3ccccc3)OC3(C(=O)c4ccccc4C3=O)[C@@H]2C(=O)N1c1cccc(Cl)c1. The lowest BCUT2D eigenvalue weighted by molar-refractivity contribution is -0.127. The first-order valence-electron chi connectivity index (χ1n) is 10.5. The molecule has 2 fully saturated rings. The molecular formula is C26H16ClNO5. The third-order valence-corrected chi connectivity index (χ3v) is 6.95. The molecule has 0 saturated carbocycles. The Morgan fingerprint density at radius 3 is 2.03 bits per heavy atom. The average Bonchev–Trinajstić information content (AvgIpc) is 3.40. The van der Waals surface area contributed by atoms with Crippen LogP contribution >= 0.6 is 11.6 Å². The van der Waals surface area contributed by atoms with Crippen LogP contribution in [0, 0.1) is 11.8 Å². The number of rotatable bonds is 2. The Hall–Kier alpha value is -3.61. The molecule has 1 aliphatic carbocycles. The van der Waals surface area contributed by atoms with Crippen molar-refractivity contribution in [2.75, 3.05) is 4.90 Å². The minimum atomic E-state index is -2.07. The maximum Gasteiger partial charge on any atom is 0.241 e. The summed E-state index contributed by atoms with van der Waals surface area (Å²) in [6.45, 7) is 0. The van der Waals surface area contributed by atoms with Gasteiger partial charge in [0.05, 0.1) is 23.6 Å². The van der Waals surface area contributed by atoms with E-state index in [0.717, 1.165) is 4.90 Å². The molecule has 0 unspecified atom stereocenters. The highest BCUT2D eigenvalue weighted by atomic mass is 35.5. The number of anilines is 1.